The molecule has 0 bridgehead atoms. The molecule has 2 nitrogen and oxygen atoms in total. The van der Waals surface area contributed by atoms with Gasteiger partial charge in [-0.3, -0.25) is 4.79 Å². The highest BCUT2D eigenvalue weighted by molar-refractivity contribution is 6.27. The highest BCUT2D eigenvalue weighted by Crippen LogP contribution is 2.10. The molecule has 0 aliphatic heterocycles. The van der Waals surface area contributed by atoms with Crippen LogP contribution in [0, 0.1) is 11.6 Å². The van der Waals surface area contributed by atoms with E-state index in [2.05, 4.69) is 0 Å². The lowest BCUT2D eigenvalue weighted by atomic mass is 10.2. The SMILES string of the molecule is CN(Cc1cc(F)cc(F)c1)C(=O)CCl. The minimum Gasteiger partial charge on any atom is -0.340 e. The molecule has 0 radical (unpaired) electrons. The summed E-state index contributed by atoms with van der Waals surface area (Å²) in [6.07, 6.45) is 0. The minimum absolute atomic E-state index is 0.139. The molecular formula is C10H10ClF2NO. The van der Waals surface area contributed by atoms with Gasteiger partial charge >= 0.3 is 0 Å². The van der Waals surface area contributed by atoms with E-state index in [4.69, 9.17) is 11.6 Å². The first-order valence-corrected chi connectivity index (χ1v) is 4.81. The Balaban J connectivity index is 2.76. The number of benzene rings is 1. The van der Waals surface area contributed by atoms with Gasteiger partial charge in [0.2, 0.25) is 5.91 Å². The second kappa shape index (κ2) is 5.07. The fraction of sp³-hybridized carbons (Fsp3) is 0.300. The van der Waals surface area contributed by atoms with E-state index < -0.39 is 11.6 Å². The number of carbonyl (C=O) groups is 1. The van der Waals surface area contributed by atoms with Crippen molar-refractivity contribution in [2.45, 2.75) is 6.54 Å². The first-order chi connectivity index (χ1) is 7.02. The van der Waals surface area contributed by atoms with Gasteiger partial charge in [0.15, 0.2) is 0 Å². The van der Waals surface area contributed by atoms with Gasteiger partial charge in [-0.15, -0.1) is 11.6 Å². The molecule has 0 saturated heterocycles. The van der Waals surface area contributed by atoms with E-state index >= 15 is 0 Å². The summed E-state index contributed by atoms with van der Waals surface area (Å²) in [7, 11) is 1.52. The fourth-order valence-electron chi connectivity index (χ4n) is 1.17. The third-order valence-corrected chi connectivity index (χ3v) is 2.11. The topological polar surface area (TPSA) is 20.3 Å². The van der Waals surface area contributed by atoms with E-state index in [0.29, 0.717) is 5.56 Å². The third-order valence-electron chi connectivity index (χ3n) is 1.88. The number of nitrogens with zero attached hydrogens (tertiary/aromatic N) is 1. The molecule has 0 aliphatic carbocycles. The van der Waals surface area contributed by atoms with Crippen LogP contribution < -0.4 is 0 Å². The molecule has 0 aliphatic rings. The normalized spacial score (nSPS) is 10.1. The maximum atomic E-state index is 12.8. The zero-order valence-corrected chi connectivity index (χ0v) is 8.89. The summed E-state index contributed by atoms with van der Waals surface area (Å²) in [6.45, 7) is 0.139. The van der Waals surface area contributed by atoms with Gasteiger partial charge in [-0.05, 0) is 17.7 Å². The van der Waals surface area contributed by atoms with E-state index in [-0.39, 0.29) is 18.3 Å². The molecule has 5 heteroatoms. The van der Waals surface area contributed by atoms with Crippen molar-refractivity contribution < 1.29 is 13.6 Å². The largest absolute Gasteiger partial charge is 0.340 e. The van der Waals surface area contributed by atoms with Crippen LogP contribution in [0.3, 0.4) is 0 Å². The zero-order chi connectivity index (χ0) is 11.4. The van der Waals surface area contributed by atoms with E-state index in [1.807, 2.05) is 0 Å². The van der Waals surface area contributed by atoms with Gasteiger partial charge in [0.1, 0.15) is 17.5 Å². The average Bonchev–Trinajstić information content (AvgIpc) is 2.14. The summed E-state index contributed by atoms with van der Waals surface area (Å²) in [5.74, 6) is -1.75. The highest BCUT2D eigenvalue weighted by Gasteiger charge is 2.08. The molecule has 0 unspecified atom stereocenters. The first kappa shape index (κ1) is 11.9. The maximum Gasteiger partial charge on any atom is 0.237 e. The standard InChI is InChI=1S/C10H10ClF2NO/c1-14(10(15)5-11)6-7-2-8(12)4-9(13)3-7/h2-4H,5-6H2,1H3. The van der Waals surface area contributed by atoms with Crippen LogP contribution in [0.15, 0.2) is 18.2 Å². The van der Waals surface area contributed by atoms with Crippen LogP contribution in [0.2, 0.25) is 0 Å². The lowest BCUT2D eigenvalue weighted by Crippen LogP contribution is -2.27. The minimum atomic E-state index is -0.656. The van der Waals surface area contributed by atoms with Crippen molar-refractivity contribution in [2.24, 2.45) is 0 Å². The molecule has 1 aromatic carbocycles. The van der Waals surface area contributed by atoms with Crippen molar-refractivity contribution in [3.8, 4) is 0 Å². The predicted octanol–water partition coefficient (Wildman–Crippen LogP) is 2.16. The highest BCUT2D eigenvalue weighted by atomic mass is 35.5. The van der Waals surface area contributed by atoms with Crippen molar-refractivity contribution in [1.82, 2.24) is 4.90 Å². The van der Waals surface area contributed by atoms with E-state index in [1.165, 1.54) is 24.1 Å². The Morgan fingerprint density at radius 3 is 2.33 bits per heavy atom. The van der Waals surface area contributed by atoms with Crippen LogP contribution in [-0.4, -0.2) is 23.7 Å². The Morgan fingerprint density at radius 1 is 1.33 bits per heavy atom. The number of alkyl halides is 1. The van der Waals surface area contributed by atoms with Crippen LogP contribution in [0.4, 0.5) is 8.78 Å². The number of amides is 1. The van der Waals surface area contributed by atoms with Gasteiger partial charge in [-0.2, -0.15) is 0 Å². The molecular weight excluding hydrogens is 224 g/mol. The number of hydrogen-bond donors (Lipinski definition) is 0. The van der Waals surface area contributed by atoms with Gasteiger partial charge < -0.3 is 4.90 Å². The Kier molecular flexibility index (Phi) is 4.03. The summed E-state index contributed by atoms with van der Waals surface area (Å²) in [5.41, 5.74) is 0.397. The van der Waals surface area contributed by atoms with Crippen molar-refractivity contribution in [1.29, 1.82) is 0 Å². The van der Waals surface area contributed by atoms with Gasteiger partial charge in [0.25, 0.3) is 0 Å². The van der Waals surface area contributed by atoms with Crippen molar-refractivity contribution in [3.63, 3.8) is 0 Å². The predicted molar refractivity (Wildman–Crippen MR) is 53.6 cm³/mol. The molecule has 82 valence electrons. The summed E-state index contributed by atoms with van der Waals surface area (Å²) < 4.78 is 25.6. The van der Waals surface area contributed by atoms with Crippen LogP contribution in [0.1, 0.15) is 5.56 Å². The van der Waals surface area contributed by atoms with Crippen LogP contribution >= 0.6 is 11.6 Å². The summed E-state index contributed by atoms with van der Waals surface area (Å²) >= 11 is 5.34. The molecule has 1 rings (SSSR count). The fourth-order valence-corrected chi connectivity index (χ4v) is 1.37. The molecule has 1 amide bonds. The molecule has 0 saturated carbocycles. The molecule has 0 fully saturated rings. The molecule has 0 N–H and O–H groups in total. The Bertz CT molecular complexity index is 350. The van der Waals surface area contributed by atoms with Crippen LogP contribution in [0.5, 0.6) is 0 Å². The van der Waals surface area contributed by atoms with E-state index in [1.54, 1.807) is 0 Å². The maximum absolute atomic E-state index is 12.8. The van der Waals surface area contributed by atoms with Crippen LogP contribution in [-0.2, 0) is 11.3 Å². The van der Waals surface area contributed by atoms with E-state index in [9.17, 15) is 13.6 Å². The summed E-state index contributed by atoms with van der Waals surface area (Å²) in [6, 6.07) is 3.15. The zero-order valence-electron chi connectivity index (χ0n) is 8.14. The number of carbonyl (C=O) groups excluding carboxylic acids is 1. The molecule has 0 atom stereocenters. The van der Waals surface area contributed by atoms with Crippen molar-refractivity contribution >= 4 is 17.5 Å². The van der Waals surface area contributed by atoms with Gasteiger partial charge in [-0.1, -0.05) is 0 Å². The summed E-state index contributed by atoms with van der Waals surface area (Å²) in [4.78, 5) is 12.4. The van der Waals surface area contributed by atoms with Crippen molar-refractivity contribution in [2.75, 3.05) is 12.9 Å². The number of halogens is 3. The monoisotopic (exact) mass is 233 g/mol. The second-order valence-corrected chi connectivity index (χ2v) is 3.43. The second-order valence-electron chi connectivity index (χ2n) is 3.16. The molecule has 15 heavy (non-hydrogen) atoms. The smallest absolute Gasteiger partial charge is 0.237 e. The Hall–Kier alpha value is -1.16. The third kappa shape index (κ3) is 3.47. The first-order valence-electron chi connectivity index (χ1n) is 4.28. The molecule has 0 heterocycles. The quantitative estimate of drug-likeness (QED) is 0.733. The lowest BCUT2D eigenvalue weighted by Gasteiger charge is -2.15. The van der Waals surface area contributed by atoms with Crippen LogP contribution in [0.25, 0.3) is 0 Å². The molecule has 0 aromatic heterocycles. The Labute approximate surface area is 91.4 Å². The van der Waals surface area contributed by atoms with E-state index in [0.717, 1.165) is 6.07 Å². The lowest BCUT2D eigenvalue weighted by molar-refractivity contribution is -0.127. The van der Waals surface area contributed by atoms with Crippen molar-refractivity contribution in [3.05, 3.63) is 35.4 Å². The van der Waals surface area contributed by atoms with Gasteiger partial charge in [0.05, 0.1) is 0 Å². The molecule has 1 aromatic rings. The number of rotatable bonds is 3. The average molecular weight is 234 g/mol. The number of hydrogen-bond acceptors (Lipinski definition) is 1. The van der Waals surface area contributed by atoms with Gasteiger partial charge in [-0.25, -0.2) is 8.78 Å². The molecule has 0 spiro atoms. The Morgan fingerprint density at radius 2 is 1.87 bits per heavy atom. The van der Waals surface area contributed by atoms with Gasteiger partial charge in [0, 0.05) is 19.7 Å². The summed E-state index contributed by atoms with van der Waals surface area (Å²) in [5, 5.41) is 0.